The zero-order valence-electron chi connectivity index (χ0n) is 18.5. The van der Waals surface area contributed by atoms with E-state index in [1.54, 1.807) is 35.1 Å². The number of fused-ring (bicyclic) bond motifs is 1. The average Bonchev–Trinajstić information content (AvgIpc) is 3.48. The lowest BCUT2D eigenvalue weighted by molar-refractivity contribution is -0.135. The van der Waals surface area contributed by atoms with Gasteiger partial charge >= 0.3 is 0 Å². The molecule has 2 aliphatic rings. The predicted octanol–water partition coefficient (Wildman–Crippen LogP) is 5.71. The monoisotopic (exact) mass is 500 g/mol. The Morgan fingerprint density at radius 3 is 2.71 bits per heavy atom. The van der Waals surface area contributed by atoms with Crippen LogP contribution in [0.2, 0.25) is 10.0 Å². The fourth-order valence-electron chi connectivity index (χ4n) is 4.77. The van der Waals surface area contributed by atoms with Gasteiger partial charge in [-0.15, -0.1) is 0 Å². The van der Waals surface area contributed by atoms with Gasteiger partial charge in [0.25, 0.3) is 0 Å². The van der Waals surface area contributed by atoms with Crippen molar-refractivity contribution in [3.05, 3.63) is 76.2 Å². The van der Waals surface area contributed by atoms with Gasteiger partial charge in [-0.05, 0) is 61.7 Å². The summed E-state index contributed by atoms with van der Waals surface area (Å²) in [6, 6.07) is 12.6. The maximum atomic E-state index is 14.0. The summed E-state index contributed by atoms with van der Waals surface area (Å²) in [5.74, 6) is 0.379. The number of hydrogen-bond donors (Lipinski definition) is 0. The summed E-state index contributed by atoms with van der Waals surface area (Å²) in [5.41, 5.74) is 1.56. The van der Waals surface area contributed by atoms with Crippen molar-refractivity contribution in [3.8, 4) is 5.75 Å². The van der Waals surface area contributed by atoms with Gasteiger partial charge in [0.2, 0.25) is 5.91 Å². The molecule has 3 aromatic rings. The number of benzene rings is 2. The molecule has 0 aliphatic carbocycles. The molecule has 3 atom stereocenters. The van der Waals surface area contributed by atoms with Gasteiger partial charge in [-0.3, -0.25) is 4.79 Å². The fraction of sp³-hybridized carbons (Fsp3) is 0.320. The summed E-state index contributed by atoms with van der Waals surface area (Å²) in [7, 11) is 0. The van der Waals surface area contributed by atoms with Gasteiger partial charge in [-0.1, -0.05) is 29.3 Å². The molecule has 176 valence electrons. The van der Waals surface area contributed by atoms with Crippen molar-refractivity contribution in [2.45, 2.75) is 31.8 Å². The SMILES string of the molecule is CC1=Nc2ccnn2C(c2ccc(Cl)c(Cl)c2)C1C(=O)N1CCC[C@H]1COc1ccc(F)cc1. The number of ether oxygens (including phenoxy) is 1. The molecule has 1 saturated heterocycles. The number of likely N-dealkylation sites (tertiary alicyclic amines) is 1. The summed E-state index contributed by atoms with van der Waals surface area (Å²) < 4.78 is 20.9. The molecular formula is C25H23Cl2FN4O2. The third-order valence-electron chi connectivity index (χ3n) is 6.44. The zero-order valence-corrected chi connectivity index (χ0v) is 20.0. The Labute approximate surface area is 206 Å². The van der Waals surface area contributed by atoms with Gasteiger partial charge in [-0.25, -0.2) is 14.1 Å². The first-order valence-electron chi connectivity index (χ1n) is 11.1. The van der Waals surface area contributed by atoms with Crippen molar-refractivity contribution in [1.82, 2.24) is 14.7 Å². The molecular weight excluding hydrogens is 478 g/mol. The molecule has 3 heterocycles. The lowest BCUT2D eigenvalue weighted by Crippen LogP contribution is -2.47. The maximum Gasteiger partial charge on any atom is 0.234 e. The first-order valence-corrected chi connectivity index (χ1v) is 11.9. The fourth-order valence-corrected chi connectivity index (χ4v) is 5.08. The average molecular weight is 501 g/mol. The zero-order chi connectivity index (χ0) is 23.8. The topological polar surface area (TPSA) is 59.7 Å². The van der Waals surface area contributed by atoms with Crippen molar-refractivity contribution in [1.29, 1.82) is 0 Å². The highest BCUT2D eigenvalue weighted by Gasteiger charge is 2.43. The number of halogens is 3. The first kappa shape index (κ1) is 22.9. The van der Waals surface area contributed by atoms with Crippen molar-refractivity contribution in [2.24, 2.45) is 10.9 Å². The van der Waals surface area contributed by atoms with Crippen LogP contribution in [0.1, 0.15) is 31.4 Å². The van der Waals surface area contributed by atoms with Gasteiger partial charge in [0, 0.05) is 18.3 Å². The molecule has 9 heteroatoms. The van der Waals surface area contributed by atoms with Crippen molar-refractivity contribution in [3.63, 3.8) is 0 Å². The molecule has 1 aromatic heterocycles. The van der Waals surface area contributed by atoms with Crippen LogP contribution in [-0.4, -0.2) is 45.5 Å². The summed E-state index contributed by atoms with van der Waals surface area (Å²) in [5, 5.41) is 5.34. The highest BCUT2D eigenvalue weighted by molar-refractivity contribution is 6.42. The molecule has 2 aliphatic heterocycles. The van der Waals surface area contributed by atoms with Crippen LogP contribution in [0.15, 0.2) is 59.7 Å². The van der Waals surface area contributed by atoms with E-state index >= 15 is 0 Å². The Kier molecular flexibility index (Phi) is 6.32. The van der Waals surface area contributed by atoms with Gasteiger partial charge < -0.3 is 9.64 Å². The van der Waals surface area contributed by atoms with Crippen LogP contribution in [-0.2, 0) is 4.79 Å². The van der Waals surface area contributed by atoms with Gasteiger partial charge in [0.05, 0.1) is 28.3 Å². The molecule has 6 nitrogen and oxygen atoms in total. The summed E-state index contributed by atoms with van der Waals surface area (Å²) in [6.07, 6.45) is 3.40. The predicted molar refractivity (Wildman–Crippen MR) is 130 cm³/mol. The molecule has 1 fully saturated rings. The molecule has 0 saturated carbocycles. The number of carbonyl (C=O) groups is 1. The molecule has 0 bridgehead atoms. The van der Waals surface area contributed by atoms with Crippen LogP contribution in [0, 0.1) is 11.7 Å². The molecule has 2 unspecified atom stereocenters. The third kappa shape index (κ3) is 4.30. The van der Waals surface area contributed by atoms with Gasteiger partial charge in [-0.2, -0.15) is 5.10 Å². The quantitative estimate of drug-likeness (QED) is 0.450. The smallest absolute Gasteiger partial charge is 0.234 e. The van der Waals surface area contributed by atoms with E-state index in [2.05, 4.69) is 10.1 Å². The van der Waals surface area contributed by atoms with E-state index in [9.17, 15) is 9.18 Å². The van der Waals surface area contributed by atoms with Crippen LogP contribution in [0.4, 0.5) is 10.2 Å². The lowest BCUT2D eigenvalue weighted by Gasteiger charge is -2.35. The number of aliphatic imine (C=N–C) groups is 1. The van der Waals surface area contributed by atoms with E-state index in [1.807, 2.05) is 24.0 Å². The number of nitrogens with zero attached hydrogens (tertiary/aromatic N) is 4. The molecule has 34 heavy (non-hydrogen) atoms. The van der Waals surface area contributed by atoms with E-state index in [0.717, 1.165) is 24.1 Å². The van der Waals surface area contributed by atoms with Crippen LogP contribution in [0.25, 0.3) is 0 Å². The molecule has 5 rings (SSSR count). The lowest BCUT2D eigenvalue weighted by atomic mass is 9.87. The summed E-state index contributed by atoms with van der Waals surface area (Å²) in [6.45, 7) is 2.86. The highest BCUT2D eigenvalue weighted by atomic mass is 35.5. The molecule has 1 amide bonds. The van der Waals surface area contributed by atoms with Crippen molar-refractivity contribution >= 4 is 40.6 Å². The van der Waals surface area contributed by atoms with Crippen LogP contribution in [0.5, 0.6) is 5.75 Å². The molecule has 0 spiro atoms. The minimum Gasteiger partial charge on any atom is -0.491 e. The van der Waals surface area contributed by atoms with Gasteiger partial charge in [0.15, 0.2) is 5.82 Å². The van der Waals surface area contributed by atoms with Crippen molar-refractivity contribution < 1.29 is 13.9 Å². The maximum absolute atomic E-state index is 14.0. The van der Waals surface area contributed by atoms with Crippen LogP contribution in [0.3, 0.4) is 0 Å². The summed E-state index contributed by atoms with van der Waals surface area (Å²) >= 11 is 12.5. The Morgan fingerprint density at radius 2 is 1.94 bits per heavy atom. The summed E-state index contributed by atoms with van der Waals surface area (Å²) in [4.78, 5) is 20.5. The molecule has 0 N–H and O–H groups in total. The number of carbonyl (C=O) groups excluding carboxylic acids is 1. The van der Waals surface area contributed by atoms with E-state index in [0.29, 0.717) is 34.8 Å². The van der Waals surface area contributed by atoms with Crippen LogP contribution >= 0.6 is 23.2 Å². The number of rotatable bonds is 5. The third-order valence-corrected chi connectivity index (χ3v) is 7.18. The number of amides is 1. The van der Waals surface area contributed by atoms with E-state index in [4.69, 9.17) is 27.9 Å². The minimum atomic E-state index is -0.545. The van der Waals surface area contributed by atoms with E-state index in [-0.39, 0.29) is 17.8 Å². The number of aromatic nitrogens is 2. The molecule has 0 radical (unpaired) electrons. The largest absolute Gasteiger partial charge is 0.491 e. The highest BCUT2D eigenvalue weighted by Crippen LogP contribution is 2.39. The number of hydrogen-bond acceptors (Lipinski definition) is 4. The normalized spacial score (nSPS) is 21.8. The Morgan fingerprint density at radius 1 is 1.15 bits per heavy atom. The second-order valence-electron chi connectivity index (χ2n) is 8.58. The second kappa shape index (κ2) is 9.39. The van der Waals surface area contributed by atoms with E-state index < -0.39 is 12.0 Å². The van der Waals surface area contributed by atoms with Gasteiger partial charge in [0.1, 0.15) is 24.1 Å². The Hall–Kier alpha value is -2.90. The second-order valence-corrected chi connectivity index (χ2v) is 9.39. The Balaban J connectivity index is 1.43. The molecule has 2 aromatic carbocycles. The Bertz CT molecular complexity index is 1240. The standard InChI is InChI=1S/C25H23Cl2FN4O2/c1-15-23(24(32-22(30-15)10-11-29-32)16-4-9-20(26)21(27)13-16)25(33)31-12-2-3-18(31)14-34-19-7-5-17(28)6-8-19/h4-11,13,18,23-24H,2-3,12,14H2,1H3/t18-,23?,24?/m0/s1. The van der Waals surface area contributed by atoms with Crippen LogP contribution < -0.4 is 4.74 Å². The first-order chi connectivity index (χ1) is 16.4. The minimum absolute atomic E-state index is 0.0244. The van der Waals surface area contributed by atoms with E-state index in [1.165, 1.54) is 12.1 Å². The van der Waals surface area contributed by atoms with Crippen molar-refractivity contribution in [2.75, 3.05) is 13.2 Å².